The van der Waals surface area contributed by atoms with Gasteiger partial charge in [0.25, 0.3) is 0 Å². The summed E-state index contributed by atoms with van der Waals surface area (Å²) in [5, 5.41) is 1.85. The molecule has 1 radical (unpaired) electrons. The van der Waals surface area contributed by atoms with Gasteiger partial charge in [-0.2, -0.15) is 0 Å². The van der Waals surface area contributed by atoms with Crippen LogP contribution in [0.5, 0.6) is 0 Å². The van der Waals surface area contributed by atoms with E-state index in [1.807, 2.05) is 36.4 Å². The van der Waals surface area contributed by atoms with Crippen molar-refractivity contribution in [2.75, 3.05) is 0 Å². The Morgan fingerprint density at radius 1 is 1.04 bits per heavy atom. The van der Waals surface area contributed by atoms with Crippen molar-refractivity contribution in [2.45, 2.75) is 19.9 Å². The van der Waals surface area contributed by atoms with Crippen molar-refractivity contribution in [2.24, 2.45) is 5.73 Å². The predicted molar refractivity (Wildman–Crippen MR) is 102 cm³/mol. The Bertz CT molecular complexity index is 1080. The molecule has 0 fully saturated rings. The smallest absolute Gasteiger partial charge is 0.249 e. The molecule has 123 valence electrons. The van der Waals surface area contributed by atoms with E-state index in [-0.39, 0.29) is 0 Å². The molecule has 4 aromatic rings. The molecule has 0 saturated carbocycles. The van der Waals surface area contributed by atoms with Crippen LogP contribution in [0.25, 0.3) is 21.8 Å². The lowest BCUT2D eigenvalue weighted by Gasteiger charge is -2.08. The number of amides is 1. The first-order valence-corrected chi connectivity index (χ1v) is 8.48. The van der Waals surface area contributed by atoms with Gasteiger partial charge in [0.2, 0.25) is 5.91 Å². The normalized spacial score (nSPS) is 11.2. The molecule has 0 atom stereocenters. The minimum Gasteiger partial charge on any atom is -0.366 e. The van der Waals surface area contributed by atoms with Crippen LogP contribution in [0.2, 0.25) is 0 Å². The van der Waals surface area contributed by atoms with Gasteiger partial charge in [-0.05, 0) is 41.8 Å². The number of aryl methyl sites for hydroxylation is 1. The zero-order valence-electron chi connectivity index (χ0n) is 14.1. The second-order valence-electron chi connectivity index (χ2n) is 6.26. The summed E-state index contributed by atoms with van der Waals surface area (Å²) in [4.78, 5) is 11.9. The second-order valence-corrected chi connectivity index (χ2v) is 6.26. The fraction of sp³-hybridized carbons (Fsp3) is 0.136. The van der Waals surface area contributed by atoms with Crippen molar-refractivity contribution in [3.63, 3.8) is 0 Å². The maximum absolute atomic E-state index is 11.9. The zero-order chi connectivity index (χ0) is 17.4. The molecule has 2 N–H and O–H groups in total. The van der Waals surface area contributed by atoms with E-state index < -0.39 is 5.91 Å². The van der Waals surface area contributed by atoms with Crippen LogP contribution in [0.15, 0.2) is 60.7 Å². The second kappa shape index (κ2) is 6.10. The molecule has 0 aliphatic heterocycles. The Balaban J connectivity index is 2.07. The van der Waals surface area contributed by atoms with E-state index in [0.717, 1.165) is 34.8 Å². The van der Waals surface area contributed by atoms with Crippen molar-refractivity contribution in [1.29, 1.82) is 0 Å². The fourth-order valence-electron chi connectivity index (χ4n) is 3.44. The van der Waals surface area contributed by atoms with Crippen molar-refractivity contribution >= 4 is 27.7 Å². The number of carbonyl (C=O) groups is 1. The summed E-state index contributed by atoms with van der Waals surface area (Å²) in [6.45, 7) is 2.87. The van der Waals surface area contributed by atoms with Crippen molar-refractivity contribution < 1.29 is 4.79 Å². The lowest BCUT2D eigenvalue weighted by Crippen LogP contribution is -2.11. The third-order valence-electron chi connectivity index (χ3n) is 4.71. The summed E-state index contributed by atoms with van der Waals surface area (Å²) in [6.07, 6.45) is 0.946. The fourth-order valence-corrected chi connectivity index (χ4v) is 3.44. The van der Waals surface area contributed by atoms with Gasteiger partial charge < -0.3 is 10.3 Å². The van der Waals surface area contributed by atoms with Crippen LogP contribution in [0.4, 0.5) is 0 Å². The molecule has 25 heavy (non-hydrogen) atoms. The quantitative estimate of drug-likeness (QED) is 0.597. The van der Waals surface area contributed by atoms with Gasteiger partial charge in [-0.15, -0.1) is 0 Å². The maximum Gasteiger partial charge on any atom is 0.249 e. The van der Waals surface area contributed by atoms with Gasteiger partial charge in [-0.1, -0.05) is 49.4 Å². The lowest BCUT2D eigenvalue weighted by molar-refractivity contribution is 0.100. The highest BCUT2D eigenvalue weighted by molar-refractivity contribution is 6.17. The molecule has 0 saturated heterocycles. The van der Waals surface area contributed by atoms with Crippen LogP contribution < -0.4 is 5.73 Å². The van der Waals surface area contributed by atoms with Crippen LogP contribution in [0.3, 0.4) is 0 Å². The van der Waals surface area contributed by atoms with Gasteiger partial charge in [0.05, 0.1) is 11.0 Å². The van der Waals surface area contributed by atoms with Gasteiger partial charge in [0, 0.05) is 22.9 Å². The van der Waals surface area contributed by atoms with Gasteiger partial charge in [0.15, 0.2) is 0 Å². The number of fused-ring (bicyclic) bond motifs is 3. The van der Waals surface area contributed by atoms with Crippen LogP contribution in [0, 0.1) is 6.07 Å². The largest absolute Gasteiger partial charge is 0.366 e. The number of rotatable bonds is 4. The van der Waals surface area contributed by atoms with Crippen LogP contribution in [0.1, 0.15) is 28.4 Å². The number of aromatic nitrogens is 1. The van der Waals surface area contributed by atoms with Crippen LogP contribution in [-0.2, 0) is 13.0 Å². The van der Waals surface area contributed by atoms with Crippen LogP contribution >= 0.6 is 0 Å². The summed E-state index contributed by atoms with van der Waals surface area (Å²) in [5.41, 5.74) is 10.7. The molecular weight excluding hydrogens is 308 g/mol. The summed E-state index contributed by atoms with van der Waals surface area (Å²) in [6, 6.07) is 23.6. The molecule has 0 aliphatic rings. The van der Waals surface area contributed by atoms with Gasteiger partial charge in [-0.3, -0.25) is 4.79 Å². The third kappa shape index (κ3) is 2.58. The number of hydrogen-bond donors (Lipinski definition) is 1. The van der Waals surface area contributed by atoms with E-state index in [0.29, 0.717) is 5.56 Å². The molecule has 0 unspecified atom stereocenters. The van der Waals surface area contributed by atoms with Crippen molar-refractivity contribution in [1.82, 2.24) is 4.57 Å². The highest BCUT2D eigenvalue weighted by Gasteiger charge is 2.16. The summed E-state index contributed by atoms with van der Waals surface area (Å²) >= 11 is 0. The topological polar surface area (TPSA) is 48.0 Å². The first kappa shape index (κ1) is 15.5. The Hall–Kier alpha value is -3.07. The SMILES string of the molecule is CCc1c[c]c2c3c(C(N)=O)cccc3n(Cc3ccccc3)c2c1. The highest BCUT2D eigenvalue weighted by atomic mass is 16.1. The number of nitrogens with zero attached hydrogens (tertiary/aromatic N) is 1. The molecule has 3 nitrogen and oxygen atoms in total. The molecule has 0 aliphatic carbocycles. The number of benzene rings is 3. The Morgan fingerprint density at radius 3 is 2.56 bits per heavy atom. The van der Waals surface area contributed by atoms with E-state index in [4.69, 9.17) is 5.73 Å². The monoisotopic (exact) mass is 327 g/mol. The average Bonchev–Trinajstić information content (AvgIpc) is 2.95. The average molecular weight is 327 g/mol. The van der Waals surface area contributed by atoms with Crippen LogP contribution in [-0.4, -0.2) is 10.5 Å². The lowest BCUT2D eigenvalue weighted by atomic mass is 10.0. The Labute approximate surface area is 146 Å². The van der Waals surface area contributed by atoms with Gasteiger partial charge in [-0.25, -0.2) is 0 Å². The summed E-state index contributed by atoms with van der Waals surface area (Å²) < 4.78 is 2.25. The Kier molecular flexibility index (Phi) is 3.77. The number of nitrogens with two attached hydrogens (primary N) is 1. The maximum atomic E-state index is 11.9. The van der Waals surface area contributed by atoms with E-state index in [2.05, 4.69) is 35.8 Å². The standard InChI is InChI=1S/C22H19N2O/c1-2-15-11-12-17-20(13-15)24(14-16-7-4-3-5-8-16)19-10-6-9-18(21(17)19)22(23)25/h3-11,13H,2,14H2,1H3,(H2,23,25). The number of carbonyl (C=O) groups excluding carboxylic acids is 1. The predicted octanol–water partition coefficient (Wildman–Crippen LogP) is 4.30. The summed E-state index contributed by atoms with van der Waals surface area (Å²) in [7, 11) is 0. The van der Waals surface area contributed by atoms with Gasteiger partial charge in [0.1, 0.15) is 0 Å². The highest BCUT2D eigenvalue weighted by Crippen LogP contribution is 2.32. The zero-order valence-corrected chi connectivity index (χ0v) is 14.1. The molecule has 1 aromatic heterocycles. The van der Waals surface area contributed by atoms with E-state index in [1.165, 1.54) is 11.1 Å². The molecule has 3 heteroatoms. The van der Waals surface area contributed by atoms with E-state index in [9.17, 15) is 4.79 Å². The van der Waals surface area contributed by atoms with Crippen molar-refractivity contribution in [3.05, 3.63) is 83.4 Å². The summed E-state index contributed by atoms with van der Waals surface area (Å²) in [5.74, 6) is -0.405. The third-order valence-corrected chi connectivity index (χ3v) is 4.71. The van der Waals surface area contributed by atoms with Gasteiger partial charge >= 0.3 is 0 Å². The Morgan fingerprint density at radius 2 is 1.84 bits per heavy atom. The minimum absolute atomic E-state index is 0.405. The molecule has 1 heterocycles. The first-order chi connectivity index (χ1) is 12.2. The molecule has 0 bridgehead atoms. The number of primary amides is 1. The van der Waals surface area contributed by atoms with Crippen molar-refractivity contribution in [3.8, 4) is 0 Å². The van der Waals surface area contributed by atoms with E-state index in [1.54, 1.807) is 6.07 Å². The van der Waals surface area contributed by atoms with E-state index >= 15 is 0 Å². The minimum atomic E-state index is -0.405. The first-order valence-electron chi connectivity index (χ1n) is 8.48. The number of hydrogen-bond acceptors (Lipinski definition) is 1. The molecular formula is C22H19N2O. The molecule has 1 amide bonds. The molecule has 4 rings (SSSR count). The molecule has 0 spiro atoms. The molecule has 3 aromatic carbocycles.